The maximum atomic E-state index is 12.9. The van der Waals surface area contributed by atoms with Crippen LogP contribution in [-0.2, 0) is 7.05 Å². The summed E-state index contributed by atoms with van der Waals surface area (Å²) in [4.78, 5) is 1.22. The molecule has 1 heterocycles. The molecule has 0 saturated carbocycles. The van der Waals surface area contributed by atoms with Crippen LogP contribution >= 0.6 is 0 Å². The van der Waals surface area contributed by atoms with Crippen LogP contribution in [0.15, 0.2) is 0 Å². The average Bonchev–Trinajstić information content (AvgIpc) is 2.36. The van der Waals surface area contributed by atoms with Gasteiger partial charge >= 0.3 is 0 Å². The van der Waals surface area contributed by atoms with Crippen molar-refractivity contribution in [2.24, 2.45) is 12.8 Å². The number of rotatable bonds is 3. The van der Waals surface area contributed by atoms with Crippen molar-refractivity contribution >= 4 is 0 Å². The highest BCUT2D eigenvalue weighted by Gasteiger charge is 2.13. The Bertz CT molecular complexity index is 222. The fourth-order valence-corrected chi connectivity index (χ4v) is 0.700. The van der Waals surface area contributed by atoms with Gasteiger partial charge in [-0.25, -0.2) is 4.39 Å². The Balaban J connectivity index is 2.60. The number of nitrogens with two attached hydrogens (primary N) is 1. The zero-order valence-electron chi connectivity index (χ0n) is 6.24. The highest BCUT2D eigenvalue weighted by atomic mass is 19.1. The monoisotopic (exact) mass is 159 g/mol. The lowest BCUT2D eigenvalue weighted by Gasteiger charge is -1.97. The van der Waals surface area contributed by atoms with Crippen LogP contribution in [0.5, 0.6) is 0 Å². The van der Waals surface area contributed by atoms with Crippen LogP contribution in [-0.4, -0.2) is 26.8 Å². The molecular weight excluding hydrogens is 149 g/mol. The lowest BCUT2D eigenvalue weighted by molar-refractivity contribution is 0.311. The number of halogens is 1. The van der Waals surface area contributed by atoms with E-state index in [4.69, 9.17) is 5.73 Å². The van der Waals surface area contributed by atoms with Gasteiger partial charge in [-0.1, -0.05) is 0 Å². The molecule has 0 fully saturated rings. The summed E-state index contributed by atoms with van der Waals surface area (Å²) >= 11 is 0. The summed E-state index contributed by atoms with van der Waals surface area (Å²) in [5.41, 5.74) is 5.15. The zero-order chi connectivity index (χ0) is 8.27. The van der Waals surface area contributed by atoms with Gasteiger partial charge < -0.3 is 5.73 Å². The smallest absolute Gasteiger partial charge is 0.208 e. The van der Waals surface area contributed by atoms with Crippen LogP contribution in [0, 0.1) is 0 Å². The summed E-state index contributed by atoms with van der Waals surface area (Å²) in [5.74, 6) is 0.109. The summed E-state index contributed by atoms with van der Waals surface area (Å²) in [5, 5.41) is 10.7. The lowest BCUT2D eigenvalue weighted by atomic mass is 10.3. The van der Waals surface area contributed by atoms with Gasteiger partial charge in [0.05, 0.1) is 7.05 Å². The van der Waals surface area contributed by atoms with Crippen molar-refractivity contribution in [3.05, 3.63) is 5.82 Å². The molecule has 0 aliphatic rings. The van der Waals surface area contributed by atoms with Crippen LogP contribution in [0.4, 0.5) is 4.39 Å². The first-order valence-corrected chi connectivity index (χ1v) is 3.32. The molecule has 0 radical (unpaired) electrons. The fourth-order valence-electron chi connectivity index (χ4n) is 0.700. The number of hydrogen-bond acceptors (Lipinski definition) is 4. The molecule has 6 heteroatoms. The molecule has 1 aromatic rings. The largest absolute Gasteiger partial charge is 0.330 e. The summed E-state index contributed by atoms with van der Waals surface area (Å²) in [6, 6.07) is 0. The molecular formula is C5H10FN5. The molecule has 0 amide bonds. The molecule has 2 N–H and O–H groups in total. The fraction of sp³-hybridized carbons (Fsp3) is 0.800. The molecule has 11 heavy (non-hydrogen) atoms. The van der Waals surface area contributed by atoms with Crippen molar-refractivity contribution in [2.75, 3.05) is 6.54 Å². The van der Waals surface area contributed by atoms with Gasteiger partial charge in [0, 0.05) is 0 Å². The minimum Gasteiger partial charge on any atom is -0.330 e. The van der Waals surface area contributed by atoms with Crippen molar-refractivity contribution in [1.82, 2.24) is 20.2 Å². The summed E-state index contributed by atoms with van der Waals surface area (Å²) < 4.78 is 12.9. The predicted octanol–water partition coefficient (Wildman–Crippen LogP) is -0.431. The van der Waals surface area contributed by atoms with Gasteiger partial charge in [0.25, 0.3) is 0 Å². The summed E-state index contributed by atoms with van der Waals surface area (Å²) in [7, 11) is 1.59. The van der Waals surface area contributed by atoms with Crippen LogP contribution < -0.4 is 5.73 Å². The van der Waals surface area contributed by atoms with Crippen LogP contribution in [0.25, 0.3) is 0 Å². The van der Waals surface area contributed by atoms with Gasteiger partial charge in [0.2, 0.25) is 5.82 Å². The SMILES string of the molecule is Cn1nnc(C(F)CCN)n1. The van der Waals surface area contributed by atoms with E-state index in [0.717, 1.165) is 0 Å². The molecule has 1 aromatic heterocycles. The Kier molecular flexibility index (Phi) is 2.48. The second kappa shape index (κ2) is 3.38. The van der Waals surface area contributed by atoms with E-state index in [1.165, 1.54) is 4.80 Å². The Hall–Kier alpha value is -1.04. The molecule has 0 saturated heterocycles. The number of hydrogen-bond donors (Lipinski definition) is 1. The first kappa shape index (κ1) is 8.06. The van der Waals surface area contributed by atoms with Crippen LogP contribution in [0.3, 0.4) is 0 Å². The van der Waals surface area contributed by atoms with Gasteiger partial charge in [0.1, 0.15) is 0 Å². The van der Waals surface area contributed by atoms with Crippen molar-refractivity contribution in [2.45, 2.75) is 12.6 Å². The van der Waals surface area contributed by atoms with E-state index in [9.17, 15) is 4.39 Å². The predicted molar refractivity (Wildman–Crippen MR) is 36.3 cm³/mol. The van der Waals surface area contributed by atoms with Crippen LogP contribution in [0.2, 0.25) is 0 Å². The highest BCUT2D eigenvalue weighted by molar-refractivity contribution is 4.83. The summed E-state index contributed by atoms with van der Waals surface area (Å²) in [6.45, 7) is 0.291. The molecule has 0 bridgehead atoms. The third-order valence-corrected chi connectivity index (χ3v) is 1.22. The zero-order valence-corrected chi connectivity index (χ0v) is 6.24. The number of alkyl halides is 1. The van der Waals surface area contributed by atoms with E-state index in [2.05, 4.69) is 15.4 Å². The van der Waals surface area contributed by atoms with E-state index in [1.807, 2.05) is 0 Å². The minimum absolute atomic E-state index is 0.109. The number of nitrogens with zero attached hydrogens (tertiary/aromatic N) is 4. The van der Waals surface area contributed by atoms with E-state index in [0.29, 0.717) is 6.54 Å². The minimum atomic E-state index is -1.19. The second-order valence-corrected chi connectivity index (χ2v) is 2.18. The number of aryl methyl sites for hydroxylation is 1. The molecule has 1 rings (SSSR count). The van der Waals surface area contributed by atoms with Gasteiger partial charge in [-0.2, -0.15) is 4.80 Å². The van der Waals surface area contributed by atoms with Crippen LogP contribution in [0.1, 0.15) is 18.4 Å². The topological polar surface area (TPSA) is 69.6 Å². The number of tetrazole rings is 1. The lowest BCUT2D eigenvalue weighted by Crippen LogP contribution is -2.05. The highest BCUT2D eigenvalue weighted by Crippen LogP contribution is 2.14. The molecule has 5 nitrogen and oxygen atoms in total. The molecule has 1 unspecified atom stereocenters. The second-order valence-electron chi connectivity index (χ2n) is 2.18. The van der Waals surface area contributed by atoms with E-state index < -0.39 is 6.17 Å². The Morgan fingerprint density at radius 2 is 2.45 bits per heavy atom. The van der Waals surface area contributed by atoms with Crippen molar-refractivity contribution in [1.29, 1.82) is 0 Å². The maximum absolute atomic E-state index is 12.9. The van der Waals surface area contributed by atoms with Crippen molar-refractivity contribution < 1.29 is 4.39 Å². The third kappa shape index (κ3) is 1.94. The molecule has 62 valence electrons. The molecule has 0 spiro atoms. The molecule has 0 aliphatic heterocycles. The average molecular weight is 159 g/mol. The molecule has 1 atom stereocenters. The standard InChI is InChI=1S/C5H10FN5/c1-11-9-5(8-10-11)4(6)2-3-7/h4H,2-3,7H2,1H3. The first-order valence-electron chi connectivity index (χ1n) is 3.32. The van der Waals surface area contributed by atoms with Gasteiger partial charge in [-0.05, 0) is 18.2 Å². The van der Waals surface area contributed by atoms with Gasteiger partial charge in [-0.15, -0.1) is 10.2 Å². The summed E-state index contributed by atoms with van der Waals surface area (Å²) in [6.07, 6.45) is -0.945. The Morgan fingerprint density at radius 1 is 1.73 bits per heavy atom. The quantitative estimate of drug-likeness (QED) is 0.649. The molecule has 0 aliphatic carbocycles. The van der Waals surface area contributed by atoms with Gasteiger partial charge in [0.15, 0.2) is 6.17 Å². The number of aromatic nitrogens is 4. The normalized spacial score (nSPS) is 13.4. The third-order valence-electron chi connectivity index (χ3n) is 1.22. The van der Waals surface area contributed by atoms with Gasteiger partial charge in [-0.3, -0.25) is 0 Å². The molecule has 0 aromatic carbocycles. The Morgan fingerprint density at radius 3 is 2.91 bits per heavy atom. The first-order chi connectivity index (χ1) is 5.24. The maximum Gasteiger partial charge on any atom is 0.208 e. The van der Waals surface area contributed by atoms with E-state index in [-0.39, 0.29) is 12.2 Å². The van der Waals surface area contributed by atoms with E-state index in [1.54, 1.807) is 7.05 Å². The Labute approximate surface area is 63.4 Å². The van der Waals surface area contributed by atoms with Crippen molar-refractivity contribution in [3.8, 4) is 0 Å². The van der Waals surface area contributed by atoms with Crippen molar-refractivity contribution in [3.63, 3.8) is 0 Å². The van der Waals surface area contributed by atoms with E-state index >= 15 is 0 Å².